The van der Waals surface area contributed by atoms with Gasteiger partial charge >= 0.3 is 6.36 Å². The number of amides is 1. The van der Waals surface area contributed by atoms with Crippen molar-refractivity contribution in [1.29, 1.82) is 0 Å². The van der Waals surface area contributed by atoms with Crippen molar-refractivity contribution in [3.8, 4) is 17.2 Å². The summed E-state index contributed by atoms with van der Waals surface area (Å²) in [5, 5.41) is 11.5. The number of ether oxygens (including phenoxy) is 3. The number of carbonyl (C=O) groups is 2. The summed E-state index contributed by atoms with van der Waals surface area (Å²) in [6, 6.07) is 13.4. The second-order valence-corrected chi connectivity index (χ2v) is 8.65. The Labute approximate surface area is 216 Å². The minimum Gasteiger partial charge on any atom is -0.507 e. The summed E-state index contributed by atoms with van der Waals surface area (Å²) >= 11 is 0. The van der Waals surface area contributed by atoms with Gasteiger partial charge in [-0.2, -0.15) is 0 Å². The summed E-state index contributed by atoms with van der Waals surface area (Å²) in [4.78, 5) is 27.8. The van der Waals surface area contributed by atoms with E-state index in [1.807, 2.05) is 6.07 Å². The predicted octanol–water partition coefficient (Wildman–Crippen LogP) is 5.85. The smallest absolute Gasteiger partial charge is 0.507 e. The predicted molar refractivity (Wildman–Crippen MR) is 133 cm³/mol. The lowest BCUT2D eigenvalue weighted by molar-refractivity contribution is -0.274. The molecule has 3 aromatic rings. The molecule has 10 heteroatoms. The Morgan fingerprint density at radius 3 is 2.21 bits per heavy atom. The highest BCUT2D eigenvalue weighted by Crippen LogP contribution is 2.45. The van der Waals surface area contributed by atoms with Gasteiger partial charge in [-0.3, -0.25) is 14.5 Å². The van der Waals surface area contributed by atoms with Gasteiger partial charge in [0.2, 0.25) is 0 Å². The number of aliphatic hydroxyl groups excluding tert-OH is 1. The maximum atomic E-state index is 13.4. The maximum absolute atomic E-state index is 13.4. The summed E-state index contributed by atoms with van der Waals surface area (Å²) in [7, 11) is 2.89. The average molecular weight is 527 g/mol. The van der Waals surface area contributed by atoms with E-state index in [1.54, 1.807) is 44.2 Å². The summed E-state index contributed by atoms with van der Waals surface area (Å²) in [6.07, 6.45) is -4.96. The molecule has 3 aromatic carbocycles. The SMILES string of the molecule is COc1ccc(C2/C(=C(\O)c3cc(C)cc(C)c3OC)C(=O)C(=O)N2c2cccc(OC(F)(F)F)c2)cc1. The standard InChI is InChI=1S/C28H24F3NO6/c1-15-12-16(2)26(37-4)21(13-15)24(33)22-23(17-8-10-19(36-3)11-9-17)32(27(35)25(22)34)18-6-5-7-20(14-18)38-28(29,30)31/h5-14,23,33H,1-4H3/b24-22+. The quantitative estimate of drug-likeness (QED) is 0.246. The van der Waals surface area contributed by atoms with E-state index in [4.69, 9.17) is 9.47 Å². The van der Waals surface area contributed by atoms with Gasteiger partial charge in [0, 0.05) is 11.8 Å². The summed E-state index contributed by atoms with van der Waals surface area (Å²) < 4.78 is 53.3. The number of carbonyl (C=O) groups excluding carboxylic acids is 2. The monoisotopic (exact) mass is 527 g/mol. The Bertz CT molecular complexity index is 1430. The fourth-order valence-electron chi connectivity index (χ4n) is 4.58. The van der Waals surface area contributed by atoms with Gasteiger partial charge in [-0.15, -0.1) is 13.2 Å². The molecule has 1 N–H and O–H groups in total. The molecular weight excluding hydrogens is 503 g/mol. The van der Waals surface area contributed by atoms with Crippen LogP contribution in [0.5, 0.6) is 17.2 Å². The lowest BCUT2D eigenvalue weighted by atomic mass is 9.93. The minimum atomic E-state index is -4.96. The van der Waals surface area contributed by atoms with Crippen molar-refractivity contribution >= 4 is 23.1 Å². The number of anilines is 1. The van der Waals surface area contributed by atoms with Crippen molar-refractivity contribution in [1.82, 2.24) is 0 Å². The number of nitrogens with zero attached hydrogens (tertiary/aromatic N) is 1. The normalized spacial score (nSPS) is 17.0. The molecule has 0 aromatic heterocycles. The van der Waals surface area contributed by atoms with Gasteiger partial charge in [0.15, 0.2) is 0 Å². The van der Waals surface area contributed by atoms with Crippen molar-refractivity contribution in [3.05, 3.63) is 88.5 Å². The van der Waals surface area contributed by atoms with Crippen LogP contribution in [0.1, 0.15) is 28.3 Å². The van der Waals surface area contributed by atoms with Crippen molar-refractivity contribution in [2.45, 2.75) is 26.3 Å². The van der Waals surface area contributed by atoms with E-state index in [9.17, 15) is 27.9 Å². The molecule has 1 unspecified atom stereocenters. The van der Waals surface area contributed by atoms with E-state index in [-0.39, 0.29) is 16.8 Å². The first-order valence-corrected chi connectivity index (χ1v) is 11.4. The molecule has 1 heterocycles. The van der Waals surface area contributed by atoms with E-state index in [0.717, 1.165) is 22.6 Å². The van der Waals surface area contributed by atoms with Gasteiger partial charge in [-0.25, -0.2) is 0 Å². The number of benzene rings is 3. The molecule has 1 fully saturated rings. The fraction of sp³-hybridized carbons (Fsp3) is 0.214. The second-order valence-electron chi connectivity index (χ2n) is 8.65. The molecule has 4 rings (SSSR count). The highest BCUT2D eigenvalue weighted by molar-refractivity contribution is 6.51. The van der Waals surface area contributed by atoms with Crippen LogP contribution in [0.2, 0.25) is 0 Å². The molecular formula is C28H24F3NO6. The summed E-state index contributed by atoms with van der Waals surface area (Å²) in [5.74, 6) is -2.26. The van der Waals surface area contributed by atoms with Gasteiger partial charge in [0.1, 0.15) is 23.0 Å². The number of hydrogen-bond acceptors (Lipinski definition) is 6. The Morgan fingerprint density at radius 2 is 1.61 bits per heavy atom. The van der Waals surface area contributed by atoms with Crippen LogP contribution in [0.4, 0.5) is 18.9 Å². The highest BCUT2D eigenvalue weighted by Gasteiger charge is 2.47. The number of Topliss-reactive ketones (excluding diaryl/α,β-unsaturated/α-hetero) is 1. The highest BCUT2D eigenvalue weighted by atomic mass is 19.4. The molecule has 7 nitrogen and oxygen atoms in total. The van der Waals surface area contributed by atoms with Crippen molar-refractivity contribution in [2.75, 3.05) is 19.1 Å². The largest absolute Gasteiger partial charge is 0.573 e. The number of alkyl halides is 3. The molecule has 38 heavy (non-hydrogen) atoms. The van der Waals surface area contributed by atoms with Crippen LogP contribution in [0.3, 0.4) is 0 Å². The van der Waals surface area contributed by atoms with Gasteiger partial charge < -0.3 is 19.3 Å². The van der Waals surface area contributed by atoms with E-state index in [2.05, 4.69) is 4.74 Å². The number of aryl methyl sites for hydroxylation is 2. The number of ketones is 1. The molecule has 0 saturated carbocycles. The zero-order chi connectivity index (χ0) is 27.8. The number of aliphatic hydroxyl groups is 1. The van der Waals surface area contributed by atoms with Crippen LogP contribution >= 0.6 is 0 Å². The number of methoxy groups -OCH3 is 2. The van der Waals surface area contributed by atoms with Gasteiger partial charge in [-0.05, 0) is 60.9 Å². The first kappa shape index (κ1) is 26.6. The van der Waals surface area contributed by atoms with Crippen LogP contribution in [-0.2, 0) is 9.59 Å². The second kappa shape index (κ2) is 10.1. The first-order chi connectivity index (χ1) is 17.9. The lowest BCUT2D eigenvalue weighted by Gasteiger charge is -2.26. The van der Waals surface area contributed by atoms with Crippen LogP contribution in [-0.4, -0.2) is 37.4 Å². The van der Waals surface area contributed by atoms with Crippen LogP contribution in [0, 0.1) is 13.8 Å². The van der Waals surface area contributed by atoms with Gasteiger partial charge in [-0.1, -0.05) is 24.3 Å². The van der Waals surface area contributed by atoms with Crippen LogP contribution < -0.4 is 19.1 Å². The summed E-state index contributed by atoms with van der Waals surface area (Å²) in [6.45, 7) is 3.57. The van der Waals surface area contributed by atoms with Crippen LogP contribution in [0.25, 0.3) is 5.76 Å². The minimum absolute atomic E-state index is 0.0268. The zero-order valence-corrected chi connectivity index (χ0v) is 20.9. The molecule has 1 atom stereocenters. The van der Waals surface area contributed by atoms with Gasteiger partial charge in [0.25, 0.3) is 11.7 Å². The van der Waals surface area contributed by atoms with E-state index in [1.165, 1.54) is 26.4 Å². The third kappa shape index (κ3) is 5.02. The first-order valence-electron chi connectivity index (χ1n) is 11.4. The molecule has 0 aliphatic carbocycles. The van der Waals surface area contributed by atoms with E-state index in [0.29, 0.717) is 22.6 Å². The average Bonchev–Trinajstić information content (AvgIpc) is 3.12. The molecule has 1 aliphatic rings. The Kier molecular flexibility index (Phi) is 7.08. The number of halogens is 3. The van der Waals surface area contributed by atoms with Crippen molar-refractivity contribution < 1.29 is 42.1 Å². The fourth-order valence-corrected chi connectivity index (χ4v) is 4.58. The number of rotatable bonds is 6. The maximum Gasteiger partial charge on any atom is 0.573 e. The third-order valence-corrected chi connectivity index (χ3v) is 6.08. The third-order valence-electron chi connectivity index (χ3n) is 6.08. The summed E-state index contributed by atoms with van der Waals surface area (Å²) in [5.41, 5.74) is 1.82. The molecule has 198 valence electrons. The van der Waals surface area contributed by atoms with Gasteiger partial charge in [0.05, 0.1) is 31.4 Å². The Balaban J connectivity index is 1.96. The Hall–Kier alpha value is -4.47. The molecule has 1 aliphatic heterocycles. The van der Waals surface area contributed by atoms with Crippen molar-refractivity contribution in [3.63, 3.8) is 0 Å². The van der Waals surface area contributed by atoms with E-state index < -0.39 is 35.6 Å². The number of hydrogen-bond donors (Lipinski definition) is 1. The molecule has 0 bridgehead atoms. The Morgan fingerprint density at radius 1 is 0.921 bits per heavy atom. The van der Waals surface area contributed by atoms with Crippen LogP contribution in [0.15, 0.2) is 66.2 Å². The molecule has 1 amide bonds. The van der Waals surface area contributed by atoms with Crippen molar-refractivity contribution in [2.24, 2.45) is 0 Å². The molecule has 1 saturated heterocycles. The van der Waals surface area contributed by atoms with E-state index >= 15 is 0 Å². The topological polar surface area (TPSA) is 85.3 Å². The molecule has 0 radical (unpaired) electrons. The molecule has 0 spiro atoms. The lowest BCUT2D eigenvalue weighted by Crippen LogP contribution is -2.29. The zero-order valence-electron chi connectivity index (χ0n) is 20.9.